The molecule has 0 aromatic carbocycles. The van der Waals surface area contributed by atoms with E-state index in [1.165, 1.54) is 0 Å². The molecule has 0 aromatic heterocycles. The van der Waals surface area contributed by atoms with Gasteiger partial charge < -0.3 is 0 Å². The summed E-state index contributed by atoms with van der Waals surface area (Å²) in [7, 11) is 0. The van der Waals surface area contributed by atoms with E-state index >= 15 is 0 Å². The Morgan fingerprint density at radius 2 is 0.962 bits per heavy atom. The van der Waals surface area contributed by atoms with Crippen LogP contribution in [-0.4, -0.2) is 12.4 Å². The van der Waals surface area contributed by atoms with Crippen molar-refractivity contribution >= 4 is 0 Å². The van der Waals surface area contributed by atoms with Gasteiger partial charge in [-0.25, -0.2) is 0 Å². The van der Waals surface area contributed by atoms with Crippen LogP contribution in [0.3, 0.4) is 0 Å². The summed E-state index contributed by atoms with van der Waals surface area (Å²) in [6.45, 7) is 4.32. The van der Waals surface area contributed by atoms with Crippen molar-refractivity contribution in [1.29, 1.82) is 0 Å². The van der Waals surface area contributed by atoms with Crippen LogP contribution >= 0.6 is 0 Å². The van der Waals surface area contributed by atoms with E-state index in [9.17, 15) is 26.3 Å². The van der Waals surface area contributed by atoms with E-state index < -0.39 is 25.2 Å². The van der Waals surface area contributed by atoms with E-state index in [-0.39, 0.29) is 12.8 Å². The Labute approximate surface area is 153 Å². The summed E-state index contributed by atoms with van der Waals surface area (Å²) in [4.78, 5) is 0. The molecular weight excluding hydrogens is 354 g/mol. The van der Waals surface area contributed by atoms with Crippen molar-refractivity contribution in [2.24, 2.45) is 35.5 Å². The Kier molecular flexibility index (Phi) is 7.34. The molecule has 0 saturated heterocycles. The molecule has 154 valence electrons. The molecule has 2 fully saturated rings. The zero-order valence-corrected chi connectivity index (χ0v) is 15.8. The van der Waals surface area contributed by atoms with E-state index in [0.29, 0.717) is 48.3 Å². The molecule has 0 aliphatic heterocycles. The molecule has 2 aliphatic carbocycles. The third-order valence-electron chi connectivity index (χ3n) is 6.59. The molecular formula is C20H32F6. The van der Waals surface area contributed by atoms with Crippen LogP contribution in [0, 0.1) is 35.5 Å². The number of alkyl halides is 6. The predicted octanol–water partition coefficient (Wildman–Crippen LogP) is 7.78. The molecule has 6 unspecified atom stereocenters. The monoisotopic (exact) mass is 386 g/mol. The van der Waals surface area contributed by atoms with Crippen LogP contribution in [0.5, 0.6) is 0 Å². The van der Waals surface area contributed by atoms with Gasteiger partial charge in [0.25, 0.3) is 0 Å². The highest BCUT2D eigenvalue weighted by Crippen LogP contribution is 2.52. The first-order valence-corrected chi connectivity index (χ1v) is 10.1. The van der Waals surface area contributed by atoms with E-state index in [4.69, 9.17) is 0 Å². The van der Waals surface area contributed by atoms with Crippen molar-refractivity contribution in [2.75, 3.05) is 0 Å². The normalized spacial score (nSPS) is 36.0. The van der Waals surface area contributed by atoms with Crippen molar-refractivity contribution < 1.29 is 26.3 Å². The summed E-state index contributed by atoms with van der Waals surface area (Å²) in [5.41, 5.74) is 0. The quantitative estimate of drug-likeness (QED) is 0.392. The Balaban J connectivity index is 1.93. The van der Waals surface area contributed by atoms with Crippen LogP contribution in [0.1, 0.15) is 78.1 Å². The lowest BCUT2D eigenvalue weighted by molar-refractivity contribution is -0.137. The van der Waals surface area contributed by atoms with Gasteiger partial charge in [0.2, 0.25) is 0 Å². The second-order valence-electron chi connectivity index (χ2n) is 9.02. The van der Waals surface area contributed by atoms with Gasteiger partial charge in [0, 0.05) is 12.8 Å². The lowest BCUT2D eigenvalue weighted by Crippen LogP contribution is -2.23. The highest BCUT2D eigenvalue weighted by Gasteiger charge is 2.44. The minimum absolute atomic E-state index is 0.179. The standard InChI is InChI=1S/C20H32F6/c1-13-9-15(5-3-7-19(21,22)23)17(11-13)18-12-14(2)10-16(18)6-4-8-20(24,25)26/h13-18H,3-12H2,1-2H3. The summed E-state index contributed by atoms with van der Waals surface area (Å²) >= 11 is 0. The number of rotatable bonds is 7. The average Bonchev–Trinajstić information content (AvgIpc) is 2.99. The van der Waals surface area contributed by atoms with Gasteiger partial charge >= 0.3 is 12.4 Å². The average molecular weight is 386 g/mol. The van der Waals surface area contributed by atoms with Crippen molar-refractivity contribution in [2.45, 2.75) is 90.4 Å². The third kappa shape index (κ3) is 6.95. The van der Waals surface area contributed by atoms with Crippen LogP contribution in [0.25, 0.3) is 0 Å². The lowest BCUT2D eigenvalue weighted by atomic mass is 9.75. The van der Waals surface area contributed by atoms with Crippen molar-refractivity contribution in [3.63, 3.8) is 0 Å². The largest absolute Gasteiger partial charge is 0.389 e. The molecule has 0 aromatic rings. The topological polar surface area (TPSA) is 0 Å². The molecule has 0 N–H and O–H groups in total. The predicted molar refractivity (Wildman–Crippen MR) is 90.6 cm³/mol. The van der Waals surface area contributed by atoms with Crippen LogP contribution in [0.4, 0.5) is 26.3 Å². The Morgan fingerprint density at radius 1 is 0.615 bits per heavy atom. The van der Waals surface area contributed by atoms with Crippen LogP contribution in [0.15, 0.2) is 0 Å². The summed E-state index contributed by atoms with van der Waals surface area (Å²) < 4.78 is 74.8. The van der Waals surface area contributed by atoms with Gasteiger partial charge in [-0.2, -0.15) is 26.3 Å². The first-order chi connectivity index (χ1) is 11.9. The van der Waals surface area contributed by atoms with Crippen molar-refractivity contribution in [3.8, 4) is 0 Å². The smallest absolute Gasteiger partial charge is 0.171 e. The molecule has 6 heteroatoms. The fourth-order valence-electron chi connectivity index (χ4n) is 5.73. The van der Waals surface area contributed by atoms with Gasteiger partial charge in [-0.1, -0.05) is 13.8 Å². The Hall–Kier alpha value is -0.420. The van der Waals surface area contributed by atoms with E-state index in [1.54, 1.807) is 0 Å². The fourth-order valence-corrected chi connectivity index (χ4v) is 5.73. The van der Waals surface area contributed by atoms with Gasteiger partial charge in [0.15, 0.2) is 0 Å². The molecule has 0 heterocycles. The Morgan fingerprint density at radius 3 is 1.27 bits per heavy atom. The maximum Gasteiger partial charge on any atom is 0.389 e. The maximum absolute atomic E-state index is 12.5. The highest BCUT2D eigenvalue weighted by molar-refractivity contribution is 4.93. The molecule has 0 radical (unpaired) electrons. The van der Waals surface area contributed by atoms with E-state index in [2.05, 4.69) is 13.8 Å². The summed E-state index contributed by atoms with van der Waals surface area (Å²) in [5.74, 6) is 2.46. The van der Waals surface area contributed by atoms with Gasteiger partial charge in [-0.05, 0) is 86.9 Å². The lowest BCUT2D eigenvalue weighted by Gasteiger charge is -2.31. The molecule has 26 heavy (non-hydrogen) atoms. The maximum atomic E-state index is 12.5. The number of hydrogen-bond acceptors (Lipinski definition) is 0. The second kappa shape index (κ2) is 8.72. The zero-order chi connectivity index (χ0) is 19.5. The van der Waals surface area contributed by atoms with Crippen molar-refractivity contribution in [3.05, 3.63) is 0 Å². The minimum Gasteiger partial charge on any atom is -0.171 e. The molecule has 2 aliphatic rings. The van der Waals surface area contributed by atoms with Crippen molar-refractivity contribution in [1.82, 2.24) is 0 Å². The van der Waals surface area contributed by atoms with Gasteiger partial charge in [0.1, 0.15) is 0 Å². The van der Waals surface area contributed by atoms with Gasteiger partial charge in [0.05, 0.1) is 0 Å². The zero-order valence-electron chi connectivity index (χ0n) is 15.8. The van der Waals surface area contributed by atoms with E-state index in [0.717, 1.165) is 25.7 Å². The molecule has 6 atom stereocenters. The molecule has 0 amide bonds. The van der Waals surface area contributed by atoms with Crippen LogP contribution in [-0.2, 0) is 0 Å². The van der Waals surface area contributed by atoms with Gasteiger partial charge in [-0.3, -0.25) is 0 Å². The molecule has 2 saturated carbocycles. The third-order valence-corrected chi connectivity index (χ3v) is 6.59. The Bertz CT molecular complexity index is 387. The van der Waals surface area contributed by atoms with Crippen LogP contribution in [0.2, 0.25) is 0 Å². The number of hydrogen-bond donors (Lipinski definition) is 0. The SMILES string of the molecule is CC1CC(CCCC(F)(F)F)C(C2CC(C)CC2CCCC(F)(F)F)C1. The molecule has 0 bridgehead atoms. The highest BCUT2D eigenvalue weighted by atomic mass is 19.4. The summed E-state index contributed by atoms with van der Waals surface area (Å²) in [6, 6.07) is 0. The first kappa shape index (κ1) is 21.9. The molecule has 0 spiro atoms. The first-order valence-electron chi connectivity index (χ1n) is 10.1. The van der Waals surface area contributed by atoms with Crippen LogP contribution < -0.4 is 0 Å². The summed E-state index contributed by atoms with van der Waals surface area (Å²) in [5, 5.41) is 0. The number of halogens is 6. The molecule has 0 nitrogen and oxygen atoms in total. The summed E-state index contributed by atoms with van der Waals surface area (Å²) in [6.07, 6.45) is -4.05. The molecule has 2 rings (SSSR count). The van der Waals surface area contributed by atoms with Gasteiger partial charge in [-0.15, -0.1) is 0 Å². The fraction of sp³-hybridized carbons (Fsp3) is 1.00. The minimum atomic E-state index is -4.10. The second-order valence-corrected chi connectivity index (χ2v) is 9.02. The van der Waals surface area contributed by atoms with E-state index in [1.807, 2.05) is 0 Å².